The van der Waals surface area contributed by atoms with Crippen molar-refractivity contribution >= 4 is 29.8 Å². The molecule has 0 unspecified atom stereocenters. The van der Waals surface area contributed by atoms with Crippen LogP contribution in [0.25, 0.3) is 5.69 Å². The van der Waals surface area contributed by atoms with Crippen LogP contribution in [0.1, 0.15) is 88.3 Å². The molecule has 0 saturated heterocycles. The minimum Gasteiger partial charge on any atom is -0.548 e. The lowest BCUT2D eigenvalue weighted by Gasteiger charge is -2.48. The molecular weight excluding hydrogens is 719 g/mol. The average molecular weight is 765 g/mol. The van der Waals surface area contributed by atoms with E-state index in [2.05, 4.69) is 21.0 Å². The Hall–Kier alpha value is -5.86. The number of benzene rings is 3. The number of alkyl carbamates (subject to hydrolysis) is 2. The first-order valence-electron chi connectivity index (χ1n) is 17.3. The molecule has 0 aliphatic heterocycles. The van der Waals surface area contributed by atoms with Gasteiger partial charge >= 0.3 is 18.4 Å². The number of nitrogens with one attached hydrogen (secondary N) is 3. The summed E-state index contributed by atoms with van der Waals surface area (Å²) in [4.78, 5) is 52.4. The number of halogens is 3. The monoisotopic (exact) mass is 764 g/mol. The molecule has 3 N–H and O–H groups in total. The minimum atomic E-state index is -4.89. The molecule has 0 radical (unpaired) electrons. The van der Waals surface area contributed by atoms with Crippen molar-refractivity contribution in [2.75, 3.05) is 5.32 Å². The smallest absolute Gasteiger partial charge is 0.435 e. The number of carboxylic acid groups (broad SMARTS) is 1. The van der Waals surface area contributed by atoms with E-state index < -0.39 is 63.8 Å². The van der Waals surface area contributed by atoms with Crippen molar-refractivity contribution in [1.29, 1.82) is 0 Å². The Morgan fingerprint density at radius 1 is 0.745 bits per heavy atom. The highest BCUT2D eigenvalue weighted by molar-refractivity contribution is 6.03. The van der Waals surface area contributed by atoms with Gasteiger partial charge in [0.1, 0.15) is 16.9 Å². The third-order valence-electron chi connectivity index (χ3n) is 8.51. The fourth-order valence-electron chi connectivity index (χ4n) is 5.77. The number of carbonyl (C=O) groups excluding carboxylic acids is 4. The van der Waals surface area contributed by atoms with Crippen molar-refractivity contribution in [3.05, 3.63) is 113 Å². The molecule has 1 aromatic heterocycles. The second-order valence-electron chi connectivity index (χ2n) is 15.5. The third-order valence-corrected chi connectivity index (χ3v) is 8.51. The van der Waals surface area contributed by atoms with Crippen LogP contribution >= 0.6 is 0 Å². The number of rotatable bonds is 11. The third kappa shape index (κ3) is 10.6. The van der Waals surface area contributed by atoms with Gasteiger partial charge in [-0.25, -0.2) is 14.3 Å². The van der Waals surface area contributed by atoms with E-state index in [1.165, 1.54) is 36.4 Å². The predicted molar refractivity (Wildman–Crippen MR) is 196 cm³/mol. The summed E-state index contributed by atoms with van der Waals surface area (Å²) >= 11 is 0. The summed E-state index contributed by atoms with van der Waals surface area (Å²) < 4.78 is 53.4. The first kappa shape index (κ1) is 41.9. The van der Waals surface area contributed by atoms with Crippen molar-refractivity contribution in [3.8, 4) is 5.69 Å². The molecule has 0 saturated carbocycles. The Morgan fingerprint density at radius 2 is 1.35 bits per heavy atom. The van der Waals surface area contributed by atoms with Gasteiger partial charge in [-0.3, -0.25) is 4.79 Å². The number of carbonyl (C=O) groups is 4. The van der Waals surface area contributed by atoms with Crippen LogP contribution in [0.2, 0.25) is 0 Å². The van der Waals surface area contributed by atoms with Gasteiger partial charge in [0.15, 0.2) is 5.69 Å². The number of ether oxygens (including phenoxy) is 2. The number of alkyl halides is 3. The minimum absolute atomic E-state index is 0.0271. The lowest BCUT2D eigenvalue weighted by Crippen LogP contribution is -2.70. The fraction of sp³-hybridized carbons (Fsp3) is 0.375. The molecule has 15 heteroatoms. The van der Waals surface area contributed by atoms with Crippen LogP contribution in [0, 0.1) is 0 Å². The summed E-state index contributed by atoms with van der Waals surface area (Å²) in [5.74, 6) is -2.56. The van der Waals surface area contributed by atoms with Crippen LogP contribution in [0.5, 0.6) is 0 Å². The molecule has 4 rings (SSSR count). The molecule has 1 heterocycles. The quantitative estimate of drug-likeness (QED) is 0.152. The summed E-state index contributed by atoms with van der Waals surface area (Å²) in [6, 6.07) is 21.4. The Balaban J connectivity index is 1.71. The Labute approximate surface area is 317 Å². The van der Waals surface area contributed by atoms with Crippen molar-refractivity contribution in [3.63, 3.8) is 0 Å². The van der Waals surface area contributed by atoms with Crippen molar-refractivity contribution in [2.45, 2.75) is 96.7 Å². The highest BCUT2D eigenvalue weighted by Crippen LogP contribution is 2.39. The molecule has 1 atom stereocenters. The number of aliphatic carboxylic acids is 1. The van der Waals surface area contributed by atoms with E-state index >= 15 is 0 Å². The second kappa shape index (κ2) is 15.9. The highest BCUT2D eigenvalue weighted by Gasteiger charge is 2.49. The zero-order valence-corrected chi connectivity index (χ0v) is 31.9. The number of carboxylic acids is 1. The number of anilines is 1. The number of amides is 3. The summed E-state index contributed by atoms with van der Waals surface area (Å²) in [6.07, 6.45) is -6.80. The maximum atomic E-state index is 13.9. The van der Waals surface area contributed by atoms with Crippen molar-refractivity contribution in [1.82, 2.24) is 20.4 Å². The summed E-state index contributed by atoms with van der Waals surface area (Å²) in [5.41, 5.74) is -5.46. The van der Waals surface area contributed by atoms with Crippen LogP contribution in [0.15, 0.2) is 84.9 Å². The van der Waals surface area contributed by atoms with Gasteiger partial charge in [0.05, 0.1) is 17.2 Å². The van der Waals surface area contributed by atoms with Gasteiger partial charge in [-0.15, -0.1) is 0 Å². The maximum Gasteiger partial charge on any atom is 0.435 e. The molecule has 55 heavy (non-hydrogen) atoms. The van der Waals surface area contributed by atoms with Gasteiger partial charge in [-0.1, -0.05) is 68.4 Å². The molecule has 4 aromatic rings. The predicted octanol–water partition coefficient (Wildman–Crippen LogP) is 6.70. The molecule has 294 valence electrons. The molecule has 12 nitrogen and oxygen atoms in total. The van der Waals surface area contributed by atoms with Crippen LogP contribution < -0.4 is 21.1 Å². The highest BCUT2D eigenvalue weighted by atomic mass is 19.4. The van der Waals surface area contributed by atoms with Crippen LogP contribution in [-0.2, 0) is 38.8 Å². The lowest BCUT2D eigenvalue weighted by atomic mass is 9.65. The molecule has 0 aliphatic carbocycles. The molecule has 0 aliphatic rings. The Morgan fingerprint density at radius 3 is 1.95 bits per heavy atom. The zero-order chi connectivity index (χ0) is 41.0. The van der Waals surface area contributed by atoms with Crippen LogP contribution in [-0.4, -0.2) is 50.6 Å². The van der Waals surface area contributed by atoms with Gasteiger partial charge in [-0.2, -0.15) is 18.3 Å². The first-order chi connectivity index (χ1) is 25.4. The molecule has 3 aromatic carbocycles. The van der Waals surface area contributed by atoms with Gasteiger partial charge in [0.25, 0.3) is 5.91 Å². The Kier molecular flexibility index (Phi) is 12.1. The van der Waals surface area contributed by atoms with Crippen molar-refractivity contribution in [2.24, 2.45) is 0 Å². The van der Waals surface area contributed by atoms with E-state index in [0.29, 0.717) is 22.8 Å². The molecule has 0 spiro atoms. The van der Waals surface area contributed by atoms with Gasteiger partial charge < -0.3 is 35.3 Å². The van der Waals surface area contributed by atoms with E-state index in [9.17, 15) is 37.5 Å². The second-order valence-corrected chi connectivity index (χ2v) is 15.5. The summed E-state index contributed by atoms with van der Waals surface area (Å²) in [7, 11) is 0. The first-order valence-corrected chi connectivity index (χ1v) is 17.3. The van der Waals surface area contributed by atoms with Gasteiger partial charge in [0.2, 0.25) is 0 Å². The maximum absolute atomic E-state index is 13.9. The SMILES string of the molecule is CC(C)(C)OC(=O)NCc1cccc(-n2nc(C(F)(F)F)cc2C(=O)Nc2cccc(C(C)(C)[C@@](Cc3ccccc3)(NC(=O)OC(C)(C)C)C(=O)[O-])c2)c1. The number of nitrogens with zero attached hydrogens (tertiary/aromatic N) is 2. The van der Waals surface area contributed by atoms with E-state index in [1.807, 2.05) is 0 Å². The largest absolute Gasteiger partial charge is 0.548 e. The Bertz CT molecular complexity index is 2030. The molecule has 0 fully saturated rings. The van der Waals surface area contributed by atoms with Gasteiger partial charge in [-0.05, 0) is 82.5 Å². The normalized spacial score (nSPS) is 13.3. The standard InChI is InChI=1S/C40H46F3N5O7/c1-36(2,3)54-34(52)44-24-26-16-12-19-29(20-26)48-30(22-31(47-48)40(41,42)43)32(49)45-28-18-13-17-27(21-28)38(7,8)39(33(50)51,23-25-14-10-9-11-15-25)46-35(53)55-37(4,5)6/h9-22H,23-24H2,1-8H3,(H,44,52)(H,45,49)(H,46,53)(H,50,51)/p-1/t39-/m0/s1. The zero-order valence-electron chi connectivity index (χ0n) is 31.9. The summed E-state index contributed by atoms with van der Waals surface area (Å²) in [5, 5.41) is 24.7. The van der Waals surface area contributed by atoms with Gasteiger partial charge in [0, 0.05) is 30.1 Å². The topological polar surface area (TPSA) is 164 Å². The lowest BCUT2D eigenvalue weighted by molar-refractivity contribution is -0.316. The van der Waals surface area contributed by atoms with Crippen LogP contribution in [0.4, 0.5) is 28.4 Å². The van der Waals surface area contributed by atoms with E-state index in [4.69, 9.17) is 9.47 Å². The molecule has 0 bridgehead atoms. The van der Waals surface area contributed by atoms with E-state index in [1.54, 1.807) is 97.9 Å². The van der Waals surface area contributed by atoms with E-state index in [-0.39, 0.29) is 24.3 Å². The average Bonchev–Trinajstić information content (AvgIpc) is 3.53. The number of aromatic nitrogens is 2. The van der Waals surface area contributed by atoms with Crippen molar-refractivity contribution < 1.29 is 46.9 Å². The summed E-state index contributed by atoms with van der Waals surface area (Å²) in [6.45, 7) is 13.1. The van der Waals surface area contributed by atoms with E-state index in [0.717, 1.165) is 4.68 Å². The molecular formula is C40H45F3N5O7-. The number of hydrogen-bond donors (Lipinski definition) is 3. The number of hydrogen-bond acceptors (Lipinski definition) is 8. The van der Waals surface area contributed by atoms with Crippen LogP contribution in [0.3, 0.4) is 0 Å². The fourth-order valence-corrected chi connectivity index (χ4v) is 5.77. The molecule has 3 amide bonds.